The van der Waals surface area contributed by atoms with Gasteiger partial charge < -0.3 is 10.1 Å². The van der Waals surface area contributed by atoms with Crippen molar-refractivity contribution in [3.63, 3.8) is 0 Å². The van der Waals surface area contributed by atoms with Crippen molar-refractivity contribution in [1.82, 2.24) is 15.3 Å². The van der Waals surface area contributed by atoms with Crippen molar-refractivity contribution in [2.24, 2.45) is 0 Å². The highest BCUT2D eigenvalue weighted by Gasteiger charge is 2.34. The molecule has 0 aliphatic carbocycles. The van der Waals surface area contributed by atoms with Crippen LogP contribution in [0.3, 0.4) is 0 Å². The van der Waals surface area contributed by atoms with Crippen LogP contribution in [-0.4, -0.2) is 27.5 Å². The van der Waals surface area contributed by atoms with Crippen LogP contribution in [0.5, 0.6) is 5.88 Å². The Morgan fingerprint density at radius 3 is 2.40 bits per heavy atom. The standard InChI is InChI=1S/C26H29ClF2N3O2P/c1-16-11-19(14-30-13-16)22(12-18-5-8-21(27)9-6-18)17(2)32-24(33)25(3,4)34-23-10-7-20(15-31-23)26(28,29)35/h5-11,13-15,17,22H,12,35H2,1-4H3,(H,32,33). The van der Waals surface area contributed by atoms with E-state index >= 15 is 0 Å². The third kappa shape index (κ3) is 7.42. The molecular formula is C26H29ClF2N3O2P. The second-order valence-electron chi connectivity index (χ2n) is 9.12. The van der Waals surface area contributed by atoms with Gasteiger partial charge in [-0.3, -0.25) is 9.78 Å². The quantitative estimate of drug-likeness (QED) is 0.349. The largest absolute Gasteiger partial charge is 0.462 e. The van der Waals surface area contributed by atoms with Crippen LogP contribution >= 0.6 is 20.8 Å². The zero-order chi connectivity index (χ0) is 25.8. The summed E-state index contributed by atoms with van der Waals surface area (Å²) in [5.41, 5.74) is -1.53. The lowest BCUT2D eigenvalue weighted by molar-refractivity contribution is -0.135. The zero-order valence-corrected chi connectivity index (χ0v) is 22.0. The van der Waals surface area contributed by atoms with Gasteiger partial charge in [-0.2, -0.15) is 8.78 Å². The van der Waals surface area contributed by atoms with Gasteiger partial charge in [0.2, 0.25) is 5.88 Å². The molecule has 0 saturated carbocycles. The summed E-state index contributed by atoms with van der Waals surface area (Å²) in [6.45, 7) is 7.13. The summed E-state index contributed by atoms with van der Waals surface area (Å²) in [6, 6.07) is 12.0. The number of aromatic nitrogens is 2. The van der Waals surface area contributed by atoms with Crippen molar-refractivity contribution < 1.29 is 18.3 Å². The molecule has 3 rings (SSSR count). The molecule has 2 heterocycles. The SMILES string of the molecule is Cc1cncc(C(Cc2ccc(Cl)cc2)C(C)NC(=O)C(C)(C)Oc2ccc(C(F)(F)P)cn2)c1. The van der Waals surface area contributed by atoms with E-state index in [1.807, 2.05) is 44.3 Å². The van der Waals surface area contributed by atoms with Gasteiger partial charge in [0.15, 0.2) is 5.60 Å². The average Bonchev–Trinajstić information content (AvgIpc) is 2.78. The predicted molar refractivity (Wildman–Crippen MR) is 137 cm³/mol. The summed E-state index contributed by atoms with van der Waals surface area (Å²) < 4.78 is 32.6. The van der Waals surface area contributed by atoms with Gasteiger partial charge in [0.05, 0.1) is 0 Å². The Balaban J connectivity index is 1.76. The van der Waals surface area contributed by atoms with Crippen molar-refractivity contribution in [2.75, 3.05) is 0 Å². The Morgan fingerprint density at radius 2 is 1.83 bits per heavy atom. The van der Waals surface area contributed by atoms with Crippen LogP contribution in [0.1, 0.15) is 48.9 Å². The van der Waals surface area contributed by atoms with Gasteiger partial charge in [-0.25, -0.2) is 4.98 Å². The predicted octanol–water partition coefficient (Wildman–Crippen LogP) is 6.05. The maximum Gasteiger partial charge on any atom is 0.285 e. The third-order valence-electron chi connectivity index (χ3n) is 5.68. The number of amides is 1. The second-order valence-corrected chi connectivity index (χ2v) is 10.3. The molecule has 1 aromatic carbocycles. The monoisotopic (exact) mass is 519 g/mol. The number of alkyl halides is 2. The van der Waals surface area contributed by atoms with Crippen LogP contribution in [-0.2, 0) is 16.9 Å². The van der Waals surface area contributed by atoms with Gasteiger partial charge in [0.1, 0.15) is 0 Å². The number of hydrogen-bond donors (Lipinski definition) is 1. The Morgan fingerprint density at radius 1 is 1.14 bits per heavy atom. The van der Waals surface area contributed by atoms with Crippen LogP contribution in [0, 0.1) is 6.92 Å². The smallest absolute Gasteiger partial charge is 0.285 e. The molecule has 3 atom stereocenters. The summed E-state index contributed by atoms with van der Waals surface area (Å²) in [6.07, 6.45) is 5.29. The van der Waals surface area contributed by atoms with Gasteiger partial charge >= 0.3 is 0 Å². The molecule has 0 radical (unpaired) electrons. The van der Waals surface area contributed by atoms with E-state index in [2.05, 4.69) is 21.4 Å². The number of rotatable bonds is 9. The number of nitrogens with one attached hydrogen (secondary N) is 1. The molecule has 2 aromatic heterocycles. The normalized spacial score (nSPS) is 13.7. The Bertz CT molecular complexity index is 1150. The van der Waals surface area contributed by atoms with Gasteiger partial charge in [-0.15, -0.1) is 0 Å². The fraction of sp³-hybridized carbons (Fsp3) is 0.346. The van der Waals surface area contributed by atoms with Crippen molar-refractivity contribution in [1.29, 1.82) is 0 Å². The minimum absolute atomic E-state index is 0.0648. The van der Waals surface area contributed by atoms with Crippen LogP contribution in [0.15, 0.2) is 61.1 Å². The van der Waals surface area contributed by atoms with E-state index < -0.39 is 11.3 Å². The molecule has 0 spiro atoms. The summed E-state index contributed by atoms with van der Waals surface area (Å²) in [7, 11) is 1.47. The molecule has 1 amide bonds. The van der Waals surface area contributed by atoms with E-state index in [1.165, 1.54) is 21.4 Å². The molecule has 0 bridgehead atoms. The van der Waals surface area contributed by atoms with E-state index in [-0.39, 0.29) is 29.3 Å². The first-order valence-corrected chi connectivity index (χ1v) is 12.1. The zero-order valence-electron chi connectivity index (χ0n) is 20.1. The number of hydrogen-bond acceptors (Lipinski definition) is 4. The Labute approximate surface area is 211 Å². The number of halogens is 3. The summed E-state index contributed by atoms with van der Waals surface area (Å²) >= 11 is 6.04. The lowest BCUT2D eigenvalue weighted by Gasteiger charge is -2.30. The molecule has 1 N–H and O–H groups in total. The number of aryl methyl sites for hydroxylation is 1. The Hall–Kier alpha value is -2.63. The number of carbonyl (C=O) groups excluding carboxylic acids is 1. The van der Waals surface area contributed by atoms with E-state index in [0.29, 0.717) is 11.4 Å². The number of carbonyl (C=O) groups is 1. The van der Waals surface area contributed by atoms with Crippen LogP contribution in [0.2, 0.25) is 5.02 Å². The van der Waals surface area contributed by atoms with E-state index in [1.54, 1.807) is 20.0 Å². The first-order valence-electron chi connectivity index (χ1n) is 11.1. The first-order chi connectivity index (χ1) is 16.3. The molecule has 0 aliphatic heterocycles. The molecule has 0 aliphatic rings. The minimum Gasteiger partial charge on any atom is -0.462 e. The minimum atomic E-state index is -3.09. The summed E-state index contributed by atoms with van der Waals surface area (Å²) in [4.78, 5) is 21.4. The highest BCUT2D eigenvalue weighted by molar-refractivity contribution is 7.17. The van der Waals surface area contributed by atoms with E-state index in [4.69, 9.17) is 16.3 Å². The third-order valence-corrected chi connectivity index (χ3v) is 6.27. The van der Waals surface area contributed by atoms with Crippen molar-refractivity contribution in [3.8, 4) is 5.88 Å². The second kappa shape index (κ2) is 11.0. The number of pyridine rings is 2. The molecule has 9 heteroatoms. The topological polar surface area (TPSA) is 64.1 Å². The Kier molecular flexibility index (Phi) is 8.45. The lowest BCUT2D eigenvalue weighted by atomic mass is 9.86. The van der Waals surface area contributed by atoms with Gasteiger partial charge in [0, 0.05) is 47.2 Å². The first kappa shape index (κ1) is 27.0. The molecular weight excluding hydrogens is 491 g/mol. The average molecular weight is 520 g/mol. The fourth-order valence-electron chi connectivity index (χ4n) is 3.67. The van der Waals surface area contributed by atoms with Crippen molar-refractivity contribution >= 4 is 26.7 Å². The van der Waals surface area contributed by atoms with Crippen molar-refractivity contribution in [3.05, 3.63) is 88.3 Å². The van der Waals surface area contributed by atoms with Crippen LogP contribution in [0.4, 0.5) is 8.78 Å². The van der Waals surface area contributed by atoms with Gasteiger partial charge in [-0.1, -0.05) is 39.0 Å². The van der Waals surface area contributed by atoms with Gasteiger partial charge in [0.25, 0.3) is 11.6 Å². The molecule has 186 valence electrons. The lowest BCUT2D eigenvalue weighted by Crippen LogP contribution is -2.51. The molecule has 3 aromatic rings. The molecule has 0 saturated heterocycles. The van der Waals surface area contributed by atoms with Crippen LogP contribution in [0.25, 0.3) is 0 Å². The van der Waals surface area contributed by atoms with Crippen molar-refractivity contribution in [2.45, 2.75) is 57.3 Å². The number of benzene rings is 1. The molecule has 0 fully saturated rings. The fourth-order valence-corrected chi connectivity index (χ4v) is 3.96. The number of nitrogens with zero attached hydrogens (tertiary/aromatic N) is 2. The molecule has 35 heavy (non-hydrogen) atoms. The van der Waals surface area contributed by atoms with Gasteiger partial charge in [-0.05, 0) is 69.0 Å². The molecule has 3 unspecified atom stereocenters. The summed E-state index contributed by atoms with van der Waals surface area (Å²) in [5.74, 6) is -0.338. The number of ether oxygens (including phenoxy) is 1. The molecule has 5 nitrogen and oxygen atoms in total. The van der Waals surface area contributed by atoms with E-state index in [0.717, 1.165) is 22.9 Å². The maximum atomic E-state index is 13.4. The maximum absolute atomic E-state index is 13.4. The summed E-state index contributed by atoms with van der Waals surface area (Å²) in [5, 5.41) is 3.72. The highest BCUT2D eigenvalue weighted by Crippen LogP contribution is 2.35. The van der Waals surface area contributed by atoms with Crippen LogP contribution < -0.4 is 10.1 Å². The highest BCUT2D eigenvalue weighted by atomic mass is 35.5. The van der Waals surface area contributed by atoms with E-state index in [9.17, 15) is 13.6 Å².